The van der Waals surface area contributed by atoms with E-state index in [-0.39, 0.29) is 17.2 Å². The molecule has 0 aromatic heterocycles. The van der Waals surface area contributed by atoms with Gasteiger partial charge in [0.05, 0.1) is 0 Å². The van der Waals surface area contributed by atoms with Gasteiger partial charge in [0.25, 0.3) is 5.91 Å². The number of ether oxygens (including phenoxy) is 1. The third-order valence-corrected chi connectivity index (χ3v) is 2.75. The minimum atomic E-state index is -0.934. The highest BCUT2D eigenvalue weighted by Crippen LogP contribution is 2.22. The fourth-order valence-electron chi connectivity index (χ4n) is 1.40. The lowest BCUT2D eigenvalue weighted by Gasteiger charge is -2.15. The number of benzene rings is 1. The molecule has 0 unspecified atom stereocenters. The van der Waals surface area contributed by atoms with E-state index in [1.807, 2.05) is 13.8 Å². The summed E-state index contributed by atoms with van der Waals surface area (Å²) in [5.74, 6) is -1.12. The molecule has 1 aromatic rings. The van der Waals surface area contributed by atoms with Gasteiger partial charge in [-0.25, -0.2) is 4.79 Å². The Morgan fingerprint density at radius 1 is 1.35 bits per heavy atom. The quantitative estimate of drug-likeness (QED) is 0.818. The fraction of sp³-hybridized carbons (Fsp3) is 0.429. The summed E-state index contributed by atoms with van der Waals surface area (Å²) in [7, 11) is 0. The largest absolute Gasteiger partial charge is 0.507 e. The van der Waals surface area contributed by atoms with Crippen molar-refractivity contribution in [3.63, 3.8) is 0 Å². The van der Waals surface area contributed by atoms with E-state index in [1.165, 1.54) is 25.1 Å². The van der Waals surface area contributed by atoms with Crippen molar-refractivity contribution in [3.8, 4) is 5.75 Å². The molecule has 6 heteroatoms. The van der Waals surface area contributed by atoms with Crippen LogP contribution in [-0.4, -0.2) is 29.6 Å². The zero-order chi connectivity index (χ0) is 15.3. The summed E-state index contributed by atoms with van der Waals surface area (Å²) >= 11 is 5.67. The van der Waals surface area contributed by atoms with Gasteiger partial charge in [0.1, 0.15) is 11.3 Å². The lowest BCUT2D eigenvalue weighted by Crippen LogP contribution is -2.37. The number of aromatic hydroxyl groups is 1. The minimum Gasteiger partial charge on any atom is -0.507 e. The maximum absolute atomic E-state index is 11.8. The number of halogens is 1. The molecular formula is C14H18ClNO4. The summed E-state index contributed by atoms with van der Waals surface area (Å²) in [4.78, 5) is 23.5. The van der Waals surface area contributed by atoms with E-state index < -0.39 is 12.1 Å². The summed E-state index contributed by atoms with van der Waals surface area (Å²) in [6.45, 7) is 5.90. The summed E-state index contributed by atoms with van der Waals surface area (Å²) in [5, 5.41) is 12.6. The van der Waals surface area contributed by atoms with Gasteiger partial charge in [-0.2, -0.15) is 0 Å². The smallest absolute Gasteiger partial charge is 0.342 e. The van der Waals surface area contributed by atoms with Crippen LogP contribution in [0.15, 0.2) is 18.2 Å². The first kappa shape index (κ1) is 16.3. The van der Waals surface area contributed by atoms with Crippen molar-refractivity contribution >= 4 is 23.5 Å². The van der Waals surface area contributed by atoms with Gasteiger partial charge in [0, 0.05) is 11.6 Å². The van der Waals surface area contributed by atoms with Crippen molar-refractivity contribution in [2.45, 2.75) is 26.9 Å². The molecule has 1 rings (SSSR count). The highest BCUT2D eigenvalue weighted by molar-refractivity contribution is 6.30. The van der Waals surface area contributed by atoms with E-state index in [4.69, 9.17) is 16.3 Å². The average Bonchev–Trinajstić information content (AvgIpc) is 2.35. The number of nitrogens with one attached hydrogen (secondary N) is 1. The Morgan fingerprint density at radius 3 is 2.55 bits per heavy atom. The number of carbonyl (C=O) groups is 2. The Hall–Kier alpha value is -1.75. The highest BCUT2D eigenvalue weighted by atomic mass is 35.5. The van der Waals surface area contributed by atoms with Crippen LogP contribution in [0.3, 0.4) is 0 Å². The summed E-state index contributed by atoms with van der Waals surface area (Å²) < 4.78 is 5.00. The van der Waals surface area contributed by atoms with Crippen LogP contribution in [-0.2, 0) is 9.53 Å². The molecule has 0 aliphatic carbocycles. The van der Waals surface area contributed by atoms with Gasteiger partial charge in [-0.15, -0.1) is 0 Å². The SMILES string of the molecule is CC(C)CNC(=O)[C@H](C)OC(=O)c1ccc(Cl)cc1O. The molecule has 1 amide bonds. The molecule has 0 aliphatic rings. The van der Waals surface area contributed by atoms with Gasteiger partial charge in [-0.05, 0) is 31.0 Å². The third-order valence-electron chi connectivity index (χ3n) is 2.52. The van der Waals surface area contributed by atoms with Crippen molar-refractivity contribution in [1.29, 1.82) is 0 Å². The molecule has 0 saturated heterocycles. The van der Waals surface area contributed by atoms with Crippen molar-refractivity contribution < 1.29 is 19.4 Å². The zero-order valence-electron chi connectivity index (χ0n) is 11.6. The van der Waals surface area contributed by atoms with Crippen LogP contribution in [0.2, 0.25) is 5.02 Å². The molecule has 0 aliphatic heterocycles. The van der Waals surface area contributed by atoms with E-state index in [0.717, 1.165) is 0 Å². The second kappa shape index (κ2) is 7.14. The molecule has 2 N–H and O–H groups in total. The van der Waals surface area contributed by atoms with Crippen LogP contribution in [0, 0.1) is 5.92 Å². The van der Waals surface area contributed by atoms with Gasteiger partial charge >= 0.3 is 5.97 Å². The molecule has 110 valence electrons. The van der Waals surface area contributed by atoms with Crippen LogP contribution in [0.4, 0.5) is 0 Å². The van der Waals surface area contributed by atoms with Crippen molar-refractivity contribution in [1.82, 2.24) is 5.32 Å². The number of carbonyl (C=O) groups excluding carboxylic acids is 2. The zero-order valence-corrected chi connectivity index (χ0v) is 12.4. The van der Waals surface area contributed by atoms with Gasteiger partial charge in [-0.1, -0.05) is 25.4 Å². The maximum atomic E-state index is 11.8. The molecule has 0 fully saturated rings. The molecular weight excluding hydrogens is 282 g/mol. The number of rotatable bonds is 5. The third kappa shape index (κ3) is 4.74. The number of esters is 1. The molecule has 20 heavy (non-hydrogen) atoms. The number of hydrogen-bond acceptors (Lipinski definition) is 4. The predicted octanol–water partition coefficient (Wildman–Crippen LogP) is 2.36. The predicted molar refractivity (Wildman–Crippen MR) is 75.8 cm³/mol. The highest BCUT2D eigenvalue weighted by Gasteiger charge is 2.20. The number of phenols is 1. The van der Waals surface area contributed by atoms with Crippen LogP contribution < -0.4 is 5.32 Å². The Balaban J connectivity index is 2.63. The molecule has 0 spiro atoms. The Labute approximate surface area is 122 Å². The van der Waals surface area contributed by atoms with E-state index in [1.54, 1.807) is 0 Å². The van der Waals surface area contributed by atoms with E-state index in [2.05, 4.69) is 5.32 Å². The van der Waals surface area contributed by atoms with E-state index in [9.17, 15) is 14.7 Å². The maximum Gasteiger partial charge on any atom is 0.342 e. The first-order valence-corrected chi connectivity index (χ1v) is 6.66. The number of amides is 1. The van der Waals surface area contributed by atoms with Crippen molar-refractivity contribution in [2.75, 3.05) is 6.54 Å². The number of phenolic OH excluding ortho intramolecular Hbond substituents is 1. The monoisotopic (exact) mass is 299 g/mol. The van der Waals surface area contributed by atoms with Crippen molar-refractivity contribution in [3.05, 3.63) is 28.8 Å². The van der Waals surface area contributed by atoms with E-state index >= 15 is 0 Å². The average molecular weight is 300 g/mol. The molecule has 0 heterocycles. The van der Waals surface area contributed by atoms with Crippen molar-refractivity contribution in [2.24, 2.45) is 5.92 Å². The van der Waals surface area contributed by atoms with Crippen LogP contribution in [0.1, 0.15) is 31.1 Å². The molecule has 5 nitrogen and oxygen atoms in total. The fourth-order valence-corrected chi connectivity index (χ4v) is 1.57. The van der Waals surface area contributed by atoms with Crippen LogP contribution >= 0.6 is 11.6 Å². The second-order valence-electron chi connectivity index (χ2n) is 4.85. The summed E-state index contributed by atoms with van der Waals surface area (Å²) in [6, 6.07) is 4.04. The van der Waals surface area contributed by atoms with Gasteiger partial charge in [0.2, 0.25) is 0 Å². The van der Waals surface area contributed by atoms with E-state index in [0.29, 0.717) is 17.5 Å². The summed E-state index contributed by atoms with van der Waals surface area (Å²) in [6.07, 6.45) is -0.934. The standard InChI is InChI=1S/C14H18ClNO4/c1-8(2)7-16-13(18)9(3)20-14(19)11-5-4-10(15)6-12(11)17/h4-6,8-9,17H,7H2,1-3H3,(H,16,18)/t9-/m0/s1. The molecule has 0 bridgehead atoms. The Morgan fingerprint density at radius 2 is 2.00 bits per heavy atom. The van der Waals surface area contributed by atoms with Crippen LogP contribution in [0.5, 0.6) is 5.75 Å². The second-order valence-corrected chi connectivity index (χ2v) is 5.28. The molecule has 1 atom stereocenters. The first-order chi connectivity index (χ1) is 9.31. The normalized spacial score (nSPS) is 12.1. The number of hydrogen-bond donors (Lipinski definition) is 2. The van der Waals surface area contributed by atoms with Gasteiger partial charge in [0.15, 0.2) is 6.10 Å². The molecule has 1 aromatic carbocycles. The Kier molecular flexibility index (Phi) is 5.82. The first-order valence-electron chi connectivity index (χ1n) is 6.28. The lowest BCUT2D eigenvalue weighted by molar-refractivity contribution is -0.129. The van der Waals surface area contributed by atoms with Gasteiger partial charge in [-0.3, -0.25) is 4.79 Å². The van der Waals surface area contributed by atoms with Gasteiger partial charge < -0.3 is 15.2 Å². The molecule has 0 saturated carbocycles. The minimum absolute atomic E-state index is 0.0297. The Bertz CT molecular complexity index is 502. The lowest BCUT2D eigenvalue weighted by atomic mass is 10.2. The van der Waals surface area contributed by atoms with Crippen LogP contribution in [0.25, 0.3) is 0 Å². The molecule has 0 radical (unpaired) electrons. The topological polar surface area (TPSA) is 75.6 Å². The summed E-state index contributed by atoms with van der Waals surface area (Å²) in [5.41, 5.74) is -0.0297.